The lowest BCUT2D eigenvalue weighted by molar-refractivity contribution is -0.274. The molecule has 0 bridgehead atoms. The molecule has 1 heterocycles. The molecule has 31 heavy (non-hydrogen) atoms. The first-order chi connectivity index (χ1) is 14.3. The molecule has 0 aliphatic heterocycles. The molecule has 3 N–H and O–H groups in total. The molecule has 2 aromatic rings. The van der Waals surface area contributed by atoms with E-state index in [0.29, 0.717) is 12.1 Å². The summed E-state index contributed by atoms with van der Waals surface area (Å²) in [6, 6.07) is 4.15. The van der Waals surface area contributed by atoms with Crippen molar-refractivity contribution in [1.82, 2.24) is 10.0 Å². The van der Waals surface area contributed by atoms with E-state index in [4.69, 9.17) is 4.42 Å². The Morgan fingerprint density at radius 1 is 1.10 bits per heavy atom. The van der Waals surface area contributed by atoms with Gasteiger partial charge in [-0.2, -0.15) is 13.2 Å². The second-order valence-corrected chi connectivity index (χ2v) is 8.36. The summed E-state index contributed by atoms with van der Waals surface area (Å²) in [5.74, 6) is -3.96. The molecule has 0 saturated carbocycles. The fourth-order valence-corrected chi connectivity index (χ4v) is 3.60. The van der Waals surface area contributed by atoms with E-state index in [2.05, 4.69) is 5.32 Å². The molecule has 0 unspecified atom stereocenters. The highest BCUT2D eigenvalue weighted by Crippen LogP contribution is 2.42. The van der Waals surface area contributed by atoms with Crippen LogP contribution in [0.4, 0.5) is 22.0 Å². The van der Waals surface area contributed by atoms with Gasteiger partial charge in [0.1, 0.15) is 11.5 Å². The second kappa shape index (κ2) is 9.32. The van der Waals surface area contributed by atoms with Gasteiger partial charge in [-0.15, -0.1) is 0 Å². The van der Waals surface area contributed by atoms with Crippen molar-refractivity contribution in [1.29, 1.82) is 0 Å². The minimum Gasteiger partial charge on any atom is -0.463 e. The Balaban J connectivity index is 1.88. The number of aryl methyl sites for hydroxylation is 1. The maximum atomic E-state index is 13.3. The fourth-order valence-electron chi connectivity index (χ4n) is 2.56. The van der Waals surface area contributed by atoms with Crippen molar-refractivity contribution in [2.24, 2.45) is 0 Å². The number of nitrogens with one attached hydrogen (secondary N) is 2. The zero-order chi connectivity index (χ0) is 23.4. The highest BCUT2D eigenvalue weighted by atomic mass is 32.2. The highest BCUT2D eigenvalue weighted by molar-refractivity contribution is 7.89. The van der Waals surface area contributed by atoms with Crippen LogP contribution in [-0.2, 0) is 20.4 Å². The lowest BCUT2D eigenvalue weighted by Gasteiger charge is -2.28. The van der Waals surface area contributed by atoms with Crippen molar-refractivity contribution < 1.29 is 44.7 Å². The van der Waals surface area contributed by atoms with Crippen LogP contribution < -0.4 is 10.0 Å². The molecule has 172 valence electrons. The summed E-state index contributed by atoms with van der Waals surface area (Å²) in [7, 11) is -4.23. The summed E-state index contributed by atoms with van der Waals surface area (Å²) in [5.41, 5.74) is -3.32. The molecule has 0 spiro atoms. The number of carbonyl (C=O) groups is 1. The molecule has 13 heteroatoms. The van der Waals surface area contributed by atoms with Gasteiger partial charge in [0.05, 0.1) is 4.90 Å². The smallest absolute Gasteiger partial charge is 0.424 e. The molecule has 1 aromatic heterocycles. The van der Waals surface area contributed by atoms with Crippen LogP contribution in [0.2, 0.25) is 0 Å². The molecule has 7 nitrogen and oxygen atoms in total. The van der Waals surface area contributed by atoms with E-state index < -0.39 is 75.9 Å². The number of alkyl halides is 3. The number of carbonyl (C=O) groups excluding carboxylic acids is 1. The Labute approximate surface area is 174 Å². The zero-order valence-corrected chi connectivity index (χ0v) is 16.9. The van der Waals surface area contributed by atoms with E-state index in [1.165, 1.54) is 13.0 Å². The van der Waals surface area contributed by atoms with Crippen LogP contribution in [0.25, 0.3) is 0 Å². The van der Waals surface area contributed by atoms with E-state index in [1.54, 1.807) is 0 Å². The number of furan rings is 1. The van der Waals surface area contributed by atoms with Crippen LogP contribution in [0.3, 0.4) is 0 Å². The Hall–Kier alpha value is -2.51. The number of amides is 1. The van der Waals surface area contributed by atoms with Crippen LogP contribution in [0.1, 0.15) is 24.4 Å². The van der Waals surface area contributed by atoms with E-state index >= 15 is 0 Å². The van der Waals surface area contributed by atoms with Gasteiger partial charge < -0.3 is 14.8 Å². The van der Waals surface area contributed by atoms with E-state index in [-0.39, 0.29) is 5.76 Å². The average Bonchev–Trinajstić information content (AvgIpc) is 3.09. The third-order valence-electron chi connectivity index (χ3n) is 4.27. The summed E-state index contributed by atoms with van der Waals surface area (Å²) < 4.78 is 96.9. The van der Waals surface area contributed by atoms with Crippen molar-refractivity contribution in [2.75, 3.05) is 13.1 Å². The van der Waals surface area contributed by atoms with Gasteiger partial charge in [-0.3, -0.25) is 4.79 Å². The van der Waals surface area contributed by atoms with Crippen LogP contribution in [0.15, 0.2) is 39.6 Å². The minimum atomic E-state index is -5.07. The van der Waals surface area contributed by atoms with Crippen molar-refractivity contribution in [2.45, 2.75) is 36.4 Å². The number of hydrogen-bond acceptors (Lipinski definition) is 5. The Bertz CT molecular complexity index is 1040. The Morgan fingerprint density at radius 3 is 2.32 bits per heavy atom. The maximum Gasteiger partial charge on any atom is 0.424 e. The maximum absolute atomic E-state index is 13.3. The lowest BCUT2D eigenvalue weighted by atomic mass is 9.95. The standard InChI is InChI=1S/C18H19F5N2O5S/c1-11-2-5-15(30-11)17(27,18(21,22)23)7-9-24-16(26)6-8-25-31(28,29)12-3-4-13(19)14(20)10-12/h2-5,10,25,27H,6-9H2,1H3,(H,24,26)/t17-/m0/s1. The molecule has 0 aliphatic rings. The predicted molar refractivity (Wildman–Crippen MR) is 97.2 cm³/mol. The summed E-state index contributed by atoms with van der Waals surface area (Å²) in [4.78, 5) is 11.2. The molecule has 0 aliphatic carbocycles. The third-order valence-corrected chi connectivity index (χ3v) is 5.73. The van der Waals surface area contributed by atoms with E-state index in [1.807, 2.05) is 4.72 Å². The molecule has 1 atom stereocenters. The second-order valence-electron chi connectivity index (χ2n) is 6.59. The first kappa shape index (κ1) is 24.8. The Morgan fingerprint density at radius 2 is 1.77 bits per heavy atom. The van der Waals surface area contributed by atoms with Crippen LogP contribution in [-0.4, -0.2) is 38.7 Å². The first-order valence-electron chi connectivity index (χ1n) is 8.84. The minimum absolute atomic E-state index is 0.162. The van der Waals surface area contributed by atoms with Gasteiger partial charge in [0.15, 0.2) is 11.6 Å². The quantitative estimate of drug-likeness (QED) is 0.488. The molecular formula is C18H19F5N2O5S. The van der Waals surface area contributed by atoms with E-state index in [9.17, 15) is 40.3 Å². The van der Waals surface area contributed by atoms with Crippen molar-refractivity contribution in [3.8, 4) is 0 Å². The van der Waals surface area contributed by atoms with Gasteiger partial charge in [0.2, 0.25) is 21.5 Å². The molecule has 0 saturated heterocycles. The molecule has 2 rings (SSSR count). The summed E-state index contributed by atoms with van der Waals surface area (Å²) in [6.07, 6.45) is -6.45. The van der Waals surface area contributed by atoms with Crippen LogP contribution in [0, 0.1) is 18.6 Å². The van der Waals surface area contributed by atoms with Gasteiger partial charge in [0.25, 0.3) is 0 Å². The summed E-state index contributed by atoms with van der Waals surface area (Å²) >= 11 is 0. The molecule has 0 fully saturated rings. The van der Waals surface area contributed by atoms with Gasteiger partial charge >= 0.3 is 6.18 Å². The molecular weight excluding hydrogens is 451 g/mol. The van der Waals surface area contributed by atoms with Gasteiger partial charge in [-0.05, 0) is 37.3 Å². The van der Waals surface area contributed by atoms with Crippen molar-refractivity contribution >= 4 is 15.9 Å². The largest absolute Gasteiger partial charge is 0.463 e. The van der Waals surface area contributed by atoms with Crippen LogP contribution >= 0.6 is 0 Å². The highest BCUT2D eigenvalue weighted by Gasteiger charge is 2.56. The van der Waals surface area contributed by atoms with Crippen LogP contribution in [0.5, 0.6) is 0 Å². The Kier molecular flexibility index (Phi) is 7.44. The SMILES string of the molecule is Cc1ccc([C@@](O)(CCNC(=O)CCNS(=O)(=O)c2ccc(F)c(F)c2)C(F)(F)F)o1. The average molecular weight is 470 g/mol. The predicted octanol–water partition coefficient (Wildman–Crippen LogP) is 2.49. The van der Waals surface area contributed by atoms with E-state index in [0.717, 1.165) is 12.1 Å². The van der Waals surface area contributed by atoms with Crippen molar-refractivity contribution in [3.63, 3.8) is 0 Å². The molecule has 1 aromatic carbocycles. The molecule has 1 amide bonds. The van der Waals surface area contributed by atoms with Crippen molar-refractivity contribution in [3.05, 3.63) is 53.5 Å². The summed E-state index contributed by atoms with van der Waals surface area (Å²) in [6.45, 7) is 0.377. The number of halogens is 5. The zero-order valence-electron chi connectivity index (χ0n) is 16.1. The topological polar surface area (TPSA) is 109 Å². The van der Waals surface area contributed by atoms with Gasteiger partial charge in [-0.1, -0.05) is 0 Å². The lowest BCUT2D eigenvalue weighted by Crippen LogP contribution is -2.45. The van der Waals surface area contributed by atoms with Gasteiger partial charge in [-0.25, -0.2) is 21.9 Å². The molecule has 0 radical (unpaired) electrons. The first-order valence-corrected chi connectivity index (χ1v) is 10.3. The number of hydrogen-bond donors (Lipinski definition) is 3. The summed E-state index contributed by atoms with van der Waals surface area (Å²) in [5, 5.41) is 12.2. The fraction of sp³-hybridized carbons (Fsp3) is 0.389. The third kappa shape index (κ3) is 6.02. The normalized spacial score (nSPS) is 14.3. The number of sulfonamides is 1. The number of rotatable bonds is 9. The monoisotopic (exact) mass is 470 g/mol. The number of benzene rings is 1. The number of aliphatic hydroxyl groups is 1. The van der Waals surface area contributed by atoms with Gasteiger partial charge in [0, 0.05) is 25.9 Å².